The van der Waals surface area contributed by atoms with Gasteiger partial charge in [-0.1, -0.05) is 19.9 Å². The van der Waals surface area contributed by atoms with Crippen LogP contribution in [0, 0.1) is 5.92 Å². The van der Waals surface area contributed by atoms with Crippen LogP contribution in [0.4, 0.5) is 0 Å². The van der Waals surface area contributed by atoms with Crippen LogP contribution in [0.5, 0.6) is 11.5 Å². The van der Waals surface area contributed by atoms with Crippen LogP contribution >= 0.6 is 0 Å². The van der Waals surface area contributed by atoms with Gasteiger partial charge in [-0.2, -0.15) is 0 Å². The van der Waals surface area contributed by atoms with Gasteiger partial charge < -0.3 is 14.8 Å². The van der Waals surface area contributed by atoms with E-state index in [0.29, 0.717) is 12.0 Å². The molecular formula is C17H28N2O2. The lowest BCUT2D eigenvalue weighted by Gasteiger charge is -2.36. The fourth-order valence-corrected chi connectivity index (χ4v) is 3.00. The number of hydrogen-bond donors (Lipinski definition) is 1. The van der Waals surface area contributed by atoms with E-state index in [9.17, 15) is 0 Å². The van der Waals surface area contributed by atoms with E-state index in [1.807, 2.05) is 6.07 Å². The minimum Gasteiger partial charge on any atom is -0.493 e. The van der Waals surface area contributed by atoms with Crippen LogP contribution in [0.15, 0.2) is 18.2 Å². The molecule has 4 nitrogen and oxygen atoms in total. The normalized spacial score (nSPS) is 17.8. The van der Waals surface area contributed by atoms with Crippen LogP contribution < -0.4 is 14.8 Å². The van der Waals surface area contributed by atoms with Gasteiger partial charge >= 0.3 is 0 Å². The number of piperazine rings is 1. The lowest BCUT2D eigenvalue weighted by atomic mass is 9.94. The first kappa shape index (κ1) is 16.1. The van der Waals surface area contributed by atoms with Crippen LogP contribution in [-0.2, 0) is 0 Å². The molecular weight excluding hydrogens is 264 g/mol. The molecule has 1 atom stereocenters. The maximum Gasteiger partial charge on any atom is 0.161 e. The Morgan fingerprint density at radius 3 is 2.33 bits per heavy atom. The lowest BCUT2D eigenvalue weighted by Crippen LogP contribution is -2.45. The van der Waals surface area contributed by atoms with Crippen molar-refractivity contribution in [3.63, 3.8) is 0 Å². The summed E-state index contributed by atoms with van der Waals surface area (Å²) in [6, 6.07) is 6.78. The number of benzene rings is 1. The SMILES string of the molecule is COc1ccc([C@@H](CC(C)C)N2CCNCC2)cc1OC. The van der Waals surface area contributed by atoms with E-state index < -0.39 is 0 Å². The number of methoxy groups -OCH3 is 2. The minimum absolute atomic E-state index is 0.451. The third-order valence-electron chi connectivity index (χ3n) is 4.08. The highest BCUT2D eigenvalue weighted by molar-refractivity contribution is 5.43. The van der Waals surface area contributed by atoms with Crippen LogP contribution in [0.2, 0.25) is 0 Å². The second-order valence-corrected chi connectivity index (χ2v) is 6.05. The summed E-state index contributed by atoms with van der Waals surface area (Å²) in [7, 11) is 3.38. The van der Waals surface area contributed by atoms with Gasteiger partial charge in [-0.25, -0.2) is 0 Å². The number of rotatable bonds is 6. The molecule has 1 saturated heterocycles. The minimum atomic E-state index is 0.451. The molecule has 1 aromatic carbocycles. The first-order chi connectivity index (χ1) is 10.2. The summed E-state index contributed by atoms with van der Waals surface area (Å²) in [6.07, 6.45) is 1.16. The van der Waals surface area contributed by atoms with Crippen LogP contribution in [0.1, 0.15) is 31.9 Å². The maximum absolute atomic E-state index is 5.46. The van der Waals surface area contributed by atoms with Crippen molar-refractivity contribution < 1.29 is 9.47 Å². The fraction of sp³-hybridized carbons (Fsp3) is 0.647. The third kappa shape index (κ3) is 4.11. The molecule has 0 unspecified atom stereocenters. The van der Waals surface area contributed by atoms with Gasteiger partial charge in [0.2, 0.25) is 0 Å². The molecule has 0 aromatic heterocycles. The quantitative estimate of drug-likeness (QED) is 0.874. The Kier molecular flexibility index (Phi) is 5.88. The predicted octanol–water partition coefficient (Wildman–Crippen LogP) is 2.70. The molecule has 0 aliphatic carbocycles. The Bertz CT molecular complexity index is 442. The Labute approximate surface area is 128 Å². The van der Waals surface area contributed by atoms with E-state index in [1.54, 1.807) is 14.2 Å². The number of ether oxygens (including phenoxy) is 2. The van der Waals surface area contributed by atoms with Gasteiger partial charge in [-0.3, -0.25) is 4.90 Å². The molecule has 1 fully saturated rings. The van der Waals surface area contributed by atoms with E-state index in [1.165, 1.54) is 5.56 Å². The first-order valence-corrected chi connectivity index (χ1v) is 7.82. The average Bonchev–Trinajstić information content (AvgIpc) is 2.52. The molecule has 1 N–H and O–H groups in total. The van der Waals surface area contributed by atoms with Gasteiger partial charge in [0, 0.05) is 32.2 Å². The Hall–Kier alpha value is -1.26. The Morgan fingerprint density at radius 2 is 1.76 bits per heavy atom. The standard InChI is InChI=1S/C17H28N2O2/c1-13(2)11-15(19-9-7-18-8-10-19)14-5-6-16(20-3)17(12-14)21-4/h5-6,12-13,15,18H,7-11H2,1-4H3/t15-/m1/s1. The van der Waals surface area contributed by atoms with Gasteiger partial charge in [-0.05, 0) is 30.0 Å². The smallest absolute Gasteiger partial charge is 0.161 e. The van der Waals surface area contributed by atoms with Gasteiger partial charge in [0.1, 0.15) is 0 Å². The zero-order valence-corrected chi connectivity index (χ0v) is 13.7. The molecule has 2 rings (SSSR count). The zero-order chi connectivity index (χ0) is 15.2. The highest BCUT2D eigenvalue weighted by Crippen LogP contribution is 2.34. The van der Waals surface area contributed by atoms with E-state index >= 15 is 0 Å². The van der Waals surface area contributed by atoms with Crippen molar-refractivity contribution in [1.29, 1.82) is 0 Å². The number of hydrogen-bond acceptors (Lipinski definition) is 4. The van der Waals surface area contributed by atoms with Crippen molar-refractivity contribution in [2.24, 2.45) is 5.92 Å². The molecule has 21 heavy (non-hydrogen) atoms. The molecule has 0 spiro atoms. The van der Waals surface area contributed by atoms with Crippen LogP contribution in [0.25, 0.3) is 0 Å². The van der Waals surface area contributed by atoms with Gasteiger partial charge in [0.05, 0.1) is 14.2 Å². The molecule has 1 heterocycles. The number of nitrogens with one attached hydrogen (secondary N) is 1. The van der Waals surface area contributed by atoms with Gasteiger partial charge in [-0.15, -0.1) is 0 Å². The van der Waals surface area contributed by atoms with Gasteiger partial charge in [0.15, 0.2) is 11.5 Å². The zero-order valence-electron chi connectivity index (χ0n) is 13.7. The Morgan fingerprint density at radius 1 is 1.10 bits per heavy atom. The Balaban J connectivity index is 2.26. The fourth-order valence-electron chi connectivity index (χ4n) is 3.00. The largest absolute Gasteiger partial charge is 0.493 e. The summed E-state index contributed by atoms with van der Waals surface area (Å²) >= 11 is 0. The molecule has 118 valence electrons. The highest BCUT2D eigenvalue weighted by atomic mass is 16.5. The summed E-state index contributed by atoms with van der Waals surface area (Å²) in [5.41, 5.74) is 1.32. The van der Waals surface area contributed by atoms with Crippen molar-refractivity contribution in [3.8, 4) is 11.5 Å². The van der Waals surface area contributed by atoms with Crippen LogP contribution in [0.3, 0.4) is 0 Å². The monoisotopic (exact) mass is 292 g/mol. The van der Waals surface area contributed by atoms with Crippen molar-refractivity contribution in [2.45, 2.75) is 26.3 Å². The average molecular weight is 292 g/mol. The molecule has 0 amide bonds. The third-order valence-corrected chi connectivity index (χ3v) is 4.08. The second kappa shape index (κ2) is 7.66. The van der Waals surface area contributed by atoms with Crippen molar-refractivity contribution in [1.82, 2.24) is 10.2 Å². The molecule has 1 aliphatic heterocycles. The molecule has 1 aliphatic rings. The maximum atomic E-state index is 5.46. The highest BCUT2D eigenvalue weighted by Gasteiger charge is 2.24. The first-order valence-electron chi connectivity index (χ1n) is 7.82. The summed E-state index contributed by atoms with van der Waals surface area (Å²) in [5, 5.41) is 3.43. The lowest BCUT2D eigenvalue weighted by molar-refractivity contribution is 0.154. The van der Waals surface area contributed by atoms with Gasteiger partial charge in [0.25, 0.3) is 0 Å². The van der Waals surface area contributed by atoms with Crippen molar-refractivity contribution >= 4 is 0 Å². The molecule has 0 saturated carbocycles. The topological polar surface area (TPSA) is 33.7 Å². The molecule has 0 radical (unpaired) electrons. The molecule has 4 heteroatoms. The summed E-state index contributed by atoms with van der Waals surface area (Å²) < 4.78 is 10.8. The molecule has 1 aromatic rings. The van der Waals surface area contributed by atoms with Crippen molar-refractivity contribution in [3.05, 3.63) is 23.8 Å². The molecule has 0 bridgehead atoms. The summed E-state index contributed by atoms with van der Waals surface area (Å²) in [6.45, 7) is 8.92. The van der Waals surface area contributed by atoms with E-state index in [2.05, 4.69) is 36.2 Å². The van der Waals surface area contributed by atoms with E-state index in [-0.39, 0.29) is 0 Å². The van der Waals surface area contributed by atoms with Crippen LogP contribution in [-0.4, -0.2) is 45.3 Å². The van der Waals surface area contributed by atoms with E-state index in [0.717, 1.165) is 44.1 Å². The number of nitrogens with zero attached hydrogens (tertiary/aromatic N) is 1. The van der Waals surface area contributed by atoms with E-state index in [4.69, 9.17) is 9.47 Å². The summed E-state index contributed by atoms with van der Waals surface area (Å²) in [4.78, 5) is 2.58. The summed E-state index contributed by atoms with van der Waals surface area (Å²) in [5.74, 6) is 2.28. The predicted molar refractivity (Wildman–Crippen MR) is 86.2 cm³/mol. The second-order valence-electron chi connectivity index (χ2n) is 6.05. The van der Waals surface area contributed by atoms with Crippen molar-refractivity contribution in [2.75, 3.05) is 40.4 Å².